The minimum atomic E-state index is -1.04. The molecule has 3 N–H and O–H groups in total. The molecule has 1 amide bonds. The van der Waals surface area contributed by atoms with Crippen LogP contribution in [-0.4, -0.2) is 40.0 Å². The number of carbonyl (C=O) groups excluding carboxylic acids is 1. The molecule has 0 aliphatic carbocycles. The Balaban J connectivity index is 2.82. The minimum Gasteiger partial charge on any atom is -0.480 e. The normalized spacial score (nSPS) is 10.5. The quantitative estimate of drug-likeness (QED) is 0.817. The van der Waals surface area contributed by atoms with E-state index in [-0.39, 0.29) is 18.2 Å². The van der Waals surface area contributed by atoms with Gasteiger partial charge in [0.05, 0.1) is 0 Å². The first-order valence-electron chi connectivity index (χ1n) is 5.12. The molecule has 6 nitrogen and oxygen atoms in total. The van der Waals surface area contributed by atoms with Crippen LogP contribution in [-0.2, 0) is 4.79 Å². The Morgan fingerprint density at radius 1 is 1.59 bits per heavy atom. The Morgan fingerprint density at radius 3 is 2.65 bits per heavy atom. The van der Waals surface area contributed by atoms with Crippen molar-refractivity contribution in [2.24, 2.45) is 5.92 Å². The molecule has 94 valence electrons. The Hall–Kier alpha value is -1.63. The van der Waals surface area contributed by atoms with Gasteiger partial charge in [-0.3, -0.25) is 9.59 Å². The molecule has 0 aliphatic heterocycles. The summed E-state index contributed by atoms with van der Waals surface area (Å²) in [6.07, 6.45) is 0. The number of amides is 1. The molecule has 1 heterocycles. The highest BCUT2D eigenvalue weighted by molar-refractivity contribution is 7.13. The maximum Gasteiger partial charge on any atom is 0.323 e. The molecule has 0 saturated carbocycles. The van der Waals surface area contributed by atoms with Crippen LogP contribution < -0.4 is 5.73 Å². The SMILES string of the molecule is CC(C)CN(CC(=O)O)C(=O)c1csc(N)n1. The number of hydrogen-bond donors (Lipinski definition) is 2. The van der Waals surface area contributed by atoms with Crippen molar-refractivity contribution >= 4 is 28.3 Å². The van der Waals surface area contributed by atoms with Crippen molar-refractivity contribution in [2.45, 2.75) is 13.8 Å². The van der Waals surface area contributed by atoms with E-state index in [1.54, 1.807) is 0 Å². The molecule has 1 aromatic rings. The summed E-state index contributed by atoms with van der Waals surface area (Å²) in [5.41, 5.74) is 5.64. The molecule has 0 radical (unpaired) electrons. The van der Waals surface area contributed by atoms with Crippen molar-refractivity contribution in [3.8, 4) is 0 Å². The number of carbonyl (C=O) groups is 2. The van der Waals surface area contributed by atoms with Crippen LogP contribution in [0.15, 0.2) is 5.38 Å². The molecule has 0 aliphatic rings. The van der Waals surface area contributed by atoms with E-state index in [0.29, 0.717) is 11.7 Å². The van der Waals surface area contributed by atoms with Crippen molar-refractivity contribution < 1.29 is 14.7 Å². The molecule has 7 heteroatoms. The van der Waals surface area contributed by atoms with Gasteiger partial charge < -0.3 is 15.7 Å². The average Bonchev–Trinajstić information content (AvgIpc) is 2.61. The Bertz CT molecular complexity index is 417. The van der Waals surface area contributed by atoms with Crippen molar-refractivity contribution in [2.75, 3.05) is 18.8 Å². The molecule has 0 unspecified atom stereocenters. The van der Waals surface area contributed by atoms with E-state index in [9.17, 15) is 9.59 Å². The Labute approximate surface area is 103 Å². The van der Waals surface area contributed by atoms with Crippen molar-refractivity contribution in [1.82, 2.24) is 9.88 Å². The van der Waals surface area contributed by atoms with Crippen molar-refractivity contribution in [3.05, 3.63) is 11.1 Å². The second-order valence-corrected chi connectivity index (χ2v) is 4.93. The molecular weight excluding hydrogens is 242 g/mol. The largest absolute Gasteiger partial charge is 0.480 e. The summed E-state index contributed by atoms with van der Waals surface area (Å²) in [6.45, 7) is 3.88. The van der Waals surface area contributed by atoms with Crippen molar-refractivity contribution in [3.63, 3.8) is 0 Å². The van der Waals surface area contributed by atoms with Crippen LogP contribution in [0.3, 0.4) is 0 Å². The van der Waals surface area contributed by atoms with Gasteiger partial charge in [-0.1, -0.05) is 13.8 Å². The van der Waals surface area contributed by atoms with Gasteiger partial charge in [-0.15, -0.1) is 11.3 Å². The summed E-state index contributed by atoms with van der Waals surface area (Å²) in [6, 6.07) is 0. The van der Waals surface area contributed by atoms with Gasteiger partial charge in [-0.2, -0.15) is 0 Å². The van der Waals surface area contributed by atoms with Gasteiger partial charge in [0.15, 0.2) is 5.13 Å². The van der Waals surface area contributed by atoms with Crippen LogP contribution >= 0.6 is 11.3 Å². The highest BCUT2D eigenvalue weighted by atomic mass is 32.1. The lowest BCUT2D eigenvalue weighted by Crippen LogP contribution is -2.38. The number of rotatable bonds is 5. The topological polar surface area (TPSA) is 96.5 Å². The standard InChI is InChI=1S/C10H15N3O3S/c1-6(2)3-13(4-8(14)15)9(16)7-5-17-10(11)12-7/h5-6H,3-4H2,1-2H3,(H2,11,12)(H,14,15). The van der Waals surface area contributed by atoms with E-state index < -0.39 is 11.9 Å². The van der Waals surface area contributed by atoms with Crippen LogP contribution in [0, 0.1) is 5.92 Å². The maximum atomic E-state index is 12.0. The van der Waals surface area contributed by atoms with E-state index in [1.165, 1.54) is 10.3 Å². The van der Waals surface area contributed by atoms with E-state index in [0.717, 1.165) is 11.3 Å². The molecular formula is C10H15N3O3S. The van der Waals surface area contributed by atoms with E-state index in [4.69, 9.17) is 10.8 Å². The van der Waals surface area contributed by atoms with E-state index in [2.05, 4.69) is 4.98 Å². The molecule has 0 saturated heterocycles. The van der Waals surface area contributed by atoms with Gasteiger partial charge in [0.25, 0.3) is 5.91 Å². The van der Waals surface area contributed by atoms with E-state index >= 15 is 0 Å². The first kappa shape index (κ1) is 13.4. The van der Waals surface area contributed by atoms with Crippen LogP contribution in [0.1, 0.15) is 24.3 Å². The molecule has 1 rings (SSSR count). The number of carboxylic acid groups (broad SMARTS) is 1. The molecule has 0 fully saturated rings. The number of nitrogen functional groups attached to an aromatic ring is 1. The molecule has 17 heavy (non-hydrogen) atoms. The summed E-state index contributed by atoms with van der Waals surface area (Å²) in [7, 11) is 0. The second kappa shape index (κ2) is 5.62. The third-order valence-corrected chi connectivity index (χ3v) is 2.61. The lowest BCUT2D eigenvalue weighted by molar-refractivity contribution is -0.137. The maximum absolute atomic E-state index is 12.0. The zero-order chi connectivity index (χ0) is 13.0. The van der Waals surface area contributed by atoms with Gasteiger partial charge in [0.1, 0.15) is 12.2 Å². The third-order valence-electron chi connectivity index (χ3n) is 1.94. The minimum absolute atomic E-state index is 0.189. The summed E-state index contributed by atoms with van der Waals surface area (Å²) in [5, 5.41) is 10.6. The number of nitrogens with zero attached hydrogens (tertiary/aromatic N) is 2. The number of carboxylic acids is 1. The highest BCUT2D eigenvalue weighted by Gasteiger charge is 2.21. The van der Waals surface area contributed by atoms with Crippen LogP contribution in [0.2, 0.25) is 0 Å². The smallest absolute Gasteiger partial charge is 0.323 e. The third kappa shape index (κ3) is 4.03. The molecule has 0 aromatic carbocycles. The highest BCUT2D eigenvalue weighted by Crippen LogP contribution is 2.14. The Morgan fingerprint density at radius 2 is 2.24 bits per heavy atom. The van der Waals surface area contributed by atoms with Gasteiger partial charge in [0, 0.05) is 11.9 Å². The van der Waals surface area contributed by atoms with Crippen LogP contribution in [0.25, 0.3) is 0 Å². The zero-order valence-corrected chi connectivity index (χ0v) is 10.5. The van der Waals surface area contributed by atoms with Gasteiger partial charge in [0.2, 0.25) is 0 Å². The zero-order valence-electron chi connectivity index (χ0n) is 9.71. The number of aromatic nitrogens is 1. The summed E-state index contributed by atoms with van der Waals surface area (Å²) in [5.74, 6) is -1.24. The lowest BCUT2D eigenvalue weighted by Gasteiger charge is -2.21. The first-order valence-corrected chi connectivity index (χ1v) is 6.00. The fourth-order valence-electron chi connectivity index (χ4n) is 1.37. The van der Waals surface area contributed by atoms with Crippen LogP contribution in [0.4, 0.5) is 5.13 Å². The van der Waals surface area contributed by atoms with Gasteiger partial charge in [-0.05, 0) is 5.92 Å². The molecule has 0 bridgehead atoms. The lowest BCUT2D eigenvalue weighted by atomic mass is 10.2. The van der Waals surface area contributed by atoms with Crippen LogP contribution in [0.5, 0.6) is 0 Å². The predicted octanol–water partition coefficient (Wildman–Crippen LogP) is 0.908. The number of nitrogens with two attached hydrogens (primary N) is 1. The first-order chi connectivity index (χ1) is 7.90. The predicted molar refractivity (Wildman–Crippen MR) is 64.9 cm³/mol. The van der Waals surface area contributed by atoms with Gasteiger partial charge >= 0.3 is 5.97 Å². The second-order valence-electron chi connectivity index (χ2n) is 4.04. The number of thiazole rings is 1. The number of anilines is 1. The molecule has 0 atom stereocenters. The van der Waals surface area contributed by atoms with Crippen molar-refractivity contribution in [1.29, 1.82) is 0 Å². The summed E-state index contributed by atoms with van der Waals surface area (Å²) >= 11 is 1.16. The van der Waals surface area contributed by atoms with Gasteiger partial charge in [-0.25, -0.2) is 4.98 Å². The fourth-order valence-corrected chi connectivity index (χ4v) is 1.91. The van der Waals surface area contributed by atoms with E-state index in [1.807, 2.05) is 13.8 Å². The average molecular weight is 257 g/mol. The Kier molecular flexibility index (Phi) is 4.45. The number of hydrogen-bond acceptors (Lipinski definition) is 5. The molecule has 1 aromatic heterocycles. The summed E-state index contributed by atoms with van der Waals surface area (Å²) in [4.78, 5) is 27.8. The monoisotopic (exact) mass is 257 g/mol. The summed E-state index contributed by atoms with van der Waals surface area (Å²) < 4.78 is 0. The molecule has 0 spiro atoms. The fraction of sp³-hybridized carbons (Fsp3) is 0.500. The number of aliphatic carboxylic acids is 1.